The molecule has 0 saturated heterocycles. The van der Waals surface area contributed by atoms with Crippen molar-refractivity contribution in [2.24, 2.45) is 0 Å². The van der Waals surface area contributed by atoms with E-state index >= 15 is 0 Å². The van der Waals surface area contributed by atoms with Crippen LogP contribution in [0.1, 0.15) is 23.1 Å². The maximum atomic E-state index is 12.5. The molecule has 0 aliphatic heterocycles. The van der Waals surface area contributed by atoms with E-state index in [4.69, 9.17) is 5.73 Å². The number of benzene rings is 2. The number of carbonyl (C=O) groups excluding carboxylic acids is 1. The molecule has 11 nitrogen and oxygen atoms in total. The molecule has 0 radical (unpaired) electrons. The Hall–Kier alpha value is -4.98. The lowest BCUT2D eigenvalue weighted by molar-refractivity contribution is -0.115. The molecule has 0 aliphatic carbocycles. The third kappa shape index (κ3) is 6.53. The smallest absolute Gasteiger partial charge is 0.264 e. The molecule has 0 unspecified atom stereocenters. The van der Waals surface area contributed by atoms with Crippen molar-refractivity contribution in [1.29, 1.82) is 10.5 Å². The molecular weight excluding hydrogens is 548 g/mol. The fraction of sp³-hybridized carbons (Fsp3) is 0.111. The number of nitrogen functional groups attached to an aromatic ring is 1. The Bertz CT molecular complexity index is 1730. The predicted octanol–water partition coefficient (Wildman–Crippen LogP) is 4.09. The fourth-order valence-corrected chi connectivity index (χ4v) is 5.52. The Kier molecular flexibility index (Phi) is 8.59. The van der Waals surface area contributed by atoms with Crippen molar-refractivity contribution < 1.29 is 13.2 Å². The van der Waals surface area contributed by atoms with Crippen LogP contribution in [0.3, 0.4) is 0 Å². The van der Waals surface area contributed by atoms with E-state index in [0.717, 1.165) is 5.56 Å². The number of nitrogens with two attached hydrogens (primary N) is 1. The van der Waals surface area contributed by atoms with E-state index in [0.29, 0.717) is 21.8 Å². The van der Waals surface area contributed by atoms with Crippen molar-refractivity contribution in [2.75, 3.05) is 21.5 Å². The van der Waals surface area contributed by atoms with Crippen LogP contribution < -0.4 is 15.8 Å². The van der Waals surface area contributed by atoms with E-state index in [9.17, 15) is 23.7 Å². The Morgan fingerprint density at radius 2 is 1.65 bits per heavy atom. The molecule has 1 amide bonds. The van der Waals surface area contributed by atoms with Gasteiger partial charge in [0.1, 0.15) is 28.5 Å². The number of nitriles is 2. The van der Waals surface area contributed by atoms with Gasteiger partial charge in [0.25, 0.3) is 10.0 Å². The van der Waals surface area contributed by atoms with Gasteiger partial charge in [-0.1, -0.05) is 29.8 Å². The molecule has 4 rings (SSSR count). The largest absolute Gasteiger partial charge is 0.383 e. The van der Waals surface area contributed by atoms with Crippen LogP contribution in [-0.4, -0.2) is 35.0 Å². The van der Waals surface area contributed by atoms with E-state index in [-0.39, 0.29) is 45.9 Å². The van der Waals surface area contributed by atoms with Crippen LogP contribution in [0, 0.1) is 29.6 Å². The van der Waals surface area contributed by atoms with Gasteiger partial charge in [0.15, 0.2) is 0 Å². The number of sulfonamides is 1. The molecule has 0 aliphatic rings. The van der Waals surface area contributed by atoms with Crippen LogP contribution in [0.5, 0.6) is 0 Å². The lowest BCUT2D eigenvalue weighted by atomic mass is 9.96. The second kappa shape index (κ2) is 12.3. The first-order chi connectivity index (χ1) is 19.2. The number of nitrogens with zero attached hydrogens (tertiary/aromatic N) is 5. The molecule has 0 spiro atoms. The quantitative estimate of drug-likeness (QED) is 0.247. The van der Waals surface area contributed by atoms with Gasteiger partial charge in [0.05, 0.1) is 10.5 Å². The number of rotatable bonds is 9. The summed E-state index contributed by atoms with van der Waals surface area (Å²) in [5.74, 6) is -0.0914. The first kappa shape index (κ1) is 28.0. The summed E-state index contributed by atoms with van der Waals surface area (Å²) in [5.41, 5.74) is 8.91. The number of hydrogen-bond acceptors (Lipinski definition) is 10. The number of aryl methyl sites for hydroxylation is 1. The van der Waals surface area contributed by atoms with Gasteiger partial charge in [0.2, 0.25) is 11.9 Å². The lowest BCUT2D eigenvalue weighted by Gasteiger charge is -2.13. The molecule has 2 heterocycles. The molecule has 200 valence electrons. The van der Waals surface area contributed by atoms with E-state index in [1.807, 2.05) is 37.3 Å². The fourth-order valence-electron chi connectivity index (χ4n) is 3.62. The molecular formula is C27H22N8O3S2. The zero-order chi connectivity index (χ0) is 28.7. The molecule has 0 saturated carbocycles. The summed E-state index contributed by atoms with van der Waals surface area (Å²) in [6, 6.07) is 18.8. The maximum Gasteiger partial charge on any atom is 0.264 e. The Labute approximate surface area is 235 Å². The van der Waals surface area contributed by atoms with E-state index < -0.39 is 10.0 Å². The highest BCUT2D eigenvalue weighted by Crippen LogP contribution is 2.36. The van der Waals surface area contributed by atoms with Gasteiger partial charge in [-0.2, -0.15) is 10.5 Å². The molecule has 4 aromatic rings. The zero-order valence-electron chi connectivity index (χ0n) is 21.1. The number of carbonyl (C=O) groups is 1. The number of anilines is 3. The maximum absolute atomic E-state index is 12.5. The van der Waals surface area contributed by atoms with Crippen molar-refractivity contribution in [3.63, 3.8) is 0 Å². The number of nitrogens with one attached hydrogen (secondary N) is 2. The molecule has 40 heavy (non-hydrogen) atoms. The van der Waals surface area contributed by atoms with Crippen molar-refractivity contribution in [3.05, 3.63) is 83.7 Å². The first-order valence-electron chi connectivity index (χ1n) is 11.7. The van der Waals surface area contributed by atoms with Crippen molar-refractivity contribution >= 4 is 45.1 Å². The van der Waals surface area contributed by atoms with Crippen LogP contribution in [0.15, 0.2) is 76.9 Å². The first-order valence-corrected chi connectivity index (χ1v) is 14.2. The Morgan fingerprint density at radius 1 is 1.00 bits per heavy atom. The minimum atomic E-state index is -3.90. The average molecular weight is 571 g/mol. The second-order valence-electron chi connectivity index (χ2n) is 8.37. The van der Waals surface area contributed by atoms with Crippen LogP contribution in [0.25, 0.3) is 11.1 Å². The number of thioether (sulfide) groups is 1. The minimum absolute atomic E-state index is 0.00684. The van der Waals surface area contributed by atoms with Gasteiger partial charge < -0.3 is 11.1 Å². The van der Waals surface area contributed by atoms with Crippen molar-refractivity contribution in [3.8, 4) is 23.3 Å². The third-order valence-electron chi connectivity index (χ3n) is 5.56. The molecule has 4 N–H and O–H groups in total. The number of amides is 1. The Morgan fingerprint density at radius 3 is 2.27 bits per heavy atom. The summed E-state index contributed by atoms with van der Waals surface area (Å²) in [6.45, 7) is 1.93. The lowest BCUT2D eigenvalue weighted by Crippen LogP contribution is -2.15. The highest BCUT2D eigenvalue weighted by Gasteiger charge is 2.21. The number of pyridine rings is 1. The molecule has 0 fully saturated rings. The zero-order valence-corrected chi connectivity index (χ0v) is 22.8. The predicted molar refractivity (Wildman–Crippen MR) is 152 cm³/mol. The average Bonchev–Trinajstić information content (AvgIpc) is 2.94. The van der Waals surface area contributed by atoms with E-state index in [1.165, 1.54) is 48.4 Å². The number of aromatic nitrogens is 3. The standard InChI is InChI=1S/C27H22N8O3S2/c1-17-3-5-18(6-4-17)24-21(15-28)25(30)34-26(22(24)16-29)39-14-11-23(36)33-19-7-9-20(10-8-19)40(37,38)35-27-31-12-2-13-32-27/h2-10,12-13H,11,14H2,1H3,(H2,30,34)(H,33,36)(H,31,32,35). The summed E-state index contributed by atoms with van der Waals surface area (Å²) in [7, 11) is -3.90. The van der Waals surface area contributed by atoms with Gasteiger partial charge in [-0.25, -0.2) is 28.1 Å². The molecule has 2 aromatic heterocycles. The summed E-state index contributed by atoms with van der Waals surface area (Å²) in [6.07, 6.45) is 2.90. The molecule has 13 heteroatoms. The third-order valence-corrected chi connectivity index (χ3v) is 7.88. The SMILES string of the molecule is Cc1ccc(-c2c(C#N)c(N)nc(SCCC(=O)Nc3ccc(S(=O)(=O)Nc4ncccn4)cc3)c2C#N)cc1. The monoisotopic (exact) mass is 570 g/mol. The van der Waals surface area contributed by atoms with E-state index in [2.05, 4.69) is 31.1 Å². The Balaban J connectivity index is 1.41. The van der Waals surface area contributed by atoms with Crippen LogP contribution in [0.2, 0.25) is 0 Å². The summed E-state index contributed by atoms with van der Waals surface area (Å²) in [5, 5.41) is 22.6. The van der Waals surface area contributed by atoms with Crippen molar-refractivity contribution in [1.82, 2.24) is 15.0 Å². The molecule has 2 aromatic carbocycles. The van der Waals surface area contributed by atoms with Crippen molar-refractivity contribution in [2.45, 2.75) is 23.3 Å². The van der Waals surface area contributed by atoms with Gasteiger partial charge in [-0.15, -0.1) is 11.8 Å². The minimum Gasteiger partial charge on any atom is -0.383 e. The summed E-state index contributed by atoms with van der Waals surface area (Å²) >= 11 is 1.18. The second-order valence-corrected chi connectivity index (χ2v) is 11.1. The van der Waals surface area contributed by atoms with Gasteiger partial charge in [-0.3, -0.25) is 4.79 Å². The molecule has 0 bridgehead atoms. The summed E-state index contributed by atoms with van der Waals surface area (Å²) < 4.78 is 27.3. The highest BCUT2D eigenvalue weighted by atomic mass is 32.2. The molecule has 0 atom stereocenters. The van der Waals surface area contributed by atoms with Gasteiger partial charge in [0, 0.05) is 35.8 Å². The number of hydrogen-bond donors (Lipinski definition) is 3. The topological polar surface area (TPSA) is 188 Å². The highest BCUT2D eigenvalue weighted by molar-refractivity contribution is 7.99. The van der Waals surface area contributed by atoms with Gasteiger partial charge >= 0.3 is 0 Å². The van der Waals surface area contributed by atoms with Crippen LogP contribution in [0.4, 0.5) is 17.5 Å². The normalized spacial score (nSPS) is 10.8. The summed E-state index contributed by atoms with van der Waals surface area (Å²) in [4.78, 5) is 24.5. The van der Waals surface area contributed by atoms with Crippen LogP contribution in [-0.2, 0) is 14.8 Å². The van der Waals surface area contributed by atoms with Gasteiger partial charge in [-0.05, 0) is 42.8 Å². The van der Waals surface area contributed by atoms with E-state index in [1.54, 1.807) is 6.07 Å². The van der Waals surface area contributed by atoms with Crippen LogP contribution >= 0.6 is 11.8 Å².